The Morgan fingerprint density at radius 2 is 2.00 bits per heavy atom. The van der Waals surface area contributed by atoms with Gasteiger partial charge in [0, 0.05) is 33.3 Å². The molecule has 2 N–H and O–H groups in total. The number of nitrogens with zero attached hydrogens (tertiary/aromatic N) is 2. The van der Waals surface area contributed by atoms with Crippen molar-refractivity contribution in [3.05, 3.63) is 50.4 Å². The quantitative estimate of drug-likeness (QED) is 0.771. The lowest BCUT2D eigenvalue weighted by Crippen LogP contribution is -2.54. The van der Waals surface area contributed by atoms with Crippen LogP contribution in [0.2, 0.25) is 10.0 Å². The predicted molar refractivity (Wildman–Crippen MR) is 110 cm³/mol. The van der Waals surface area contributed by atoms with Crippen LogP contribution < -0.4 is 10.9 Å². The number of aliphatic hydroxyl groups is 1. The van der Waals surface area contributed by atoms with Gasteiger partial charge in [0.2, 0.25) is 5.91 Å². The van der Waals surface area contributed by atoms with E-state index in [1.165, 1.54) is 6.07 Å². The van der Waals surface area contributed by atoms with E-state index in [0.29, 0.717) is 39.7 Å². The second-order valence-electron chi connectivity index (χ2n) is 7.89. The molecule has 1 aliphatic carbocycles. The van der Waals surface area contributed by atoms with Gasteiger partial charge in [-0.3, -0.25) is 9.59 Å². The number of hydrogen-bond acceptors (Lipinski definition) is 4. The molecule has 1 amide bonds. The van der Waals surface area contributed by atoms with E-state index in [1.807, 2.05) is 13.8 Å². The third kappa shape index (κ3) is 4.57. The zero-order valence-electron chi connectivity index (χ0n) is 16.0. The van der Waals surface area contributed by atoms with Crippen molar-refractivity contribution in [1.82, 2.24) is 15.1 Å². The normalized spacial score (nSPS) is 21.5. The Kier molecular flexibility index (Phi) is 5.84. The van der Waals surface area contributed by atoms with Crippen LogP contribution in [0.3, 0.4) is 0 Å². The summed E-state index contributed by atoms with van der Waals surface area (Å²) in [5.74, 6) is -0.306. The van der Waals surface area contributed by atoms with Crippen molar-refractivity contribution in [2.24, 2.45) is 0 Å². The third-order valence-corrected chi connectivity index (χ3v) is 5.39. The van der Waals surface area contributed by atoms with Crippen LogP contribution in [0.4, 0.5) is 0 Å². The maximum Gasteiger partial charge on any atom is 0.267 e. The van der Waals surface area contributed by atoms with E-state index in [2.05, 4.69) is 10.4 Å². The van der Waals surface area contributed by atoms with Crippen LogP contribution in [0.5, 0.6) is 0 Å². The van der Waals surface area contributed by atoms with Crippen LogP contribution in [0.25, 0.3) is 11.1 Å². The van der Waals surface area contributed by atoms with Crippen molar-refractivity contribution in [2.75, 3.05) is 0 Å². The largest absolute Gasteiger partial charge is 0.390 e. The van der Waals surface area contributed by atoms with E-state index < -0.39 is 11.2 Å². The molecule has 0 radical (unpaired) electrons. The molecule has 3 rings (SSSR count). The van der Waals surface area contributed by atoms with Crippen LogP contribution in [0, 0.1) is 0 Å². The number of benzene rings is 1. The molecule has 1 fully saturated rings. The number of carbonyl (C=O) groups is 1. The highest BCUT2D eigenvalue weighted by molar-refractivity contribution is 6.35. The number of hydrogen-bond donors (Lipinski definition) is 2. The number of amides is 1. The molecule has 0 bridgehead atoms. The van der Waals surface area contributed by atoms with Crippen molar-refractivity contribution in [3.8, 4) is 11.1 Å². The molecule has 0 spiro atoms. The molecule has 150 valence electrons. The molecule has 1 saturated carbocycles. The fourth-order valence-corrected chi connectivity index (χ4v) is 3.87. The average molecular weight is 424 g/mol. The van der Waals surface area contributed by atoms with Crippen LogP contribution >= 0.6 is 23.2 Å². The molecule has 0 unspecified atom stereocenters. The Morgan fingerprint density at radius 3 is 2.61 bits per heavy atom. The first-order valence-electron chi connectivity index (χ1n) is 9.15. The van der Waals surface area contributed by atoms with Gasteiger partial charge in [-0.25, -0.2) is 4.68 Å². The average Bonchev–Trinajstić information content (AvgIpc) is 2.56. The van der Waals surface area contributed by atoms with Gasteiger partial charge in [-0.05, 0) is 43.9 Å². The Hall–Kier alpha value is -1.89. The number of carbonyl (C=O) groups excluding carboxylic acids is 1. The molecule has 1 aromatic heterocycles. The lowest BCUT2D eigenvalue weighted by molar-refractivity contribution is -0.125. The summed E-state index contributed by atoms with van der Waals surface area (Å²) < 4.78 is 1.16. The zero-order valence-corrected chi connectivity index (χ0v) is 17.5. The van der Waals surface area contributed by atoms with Gasteiger partial charge in [-0.1, -0.05) is 37.0 Å². The fraction of sp³-hybridized carbons (Fsp3) is 0.450. The lowest BCUT2D eigenvalue weighted by Gasteiger charge is -2.41. The van der Waals surface area contributed by atoms with Gasteiger partial charge in [0.15, 0.2) is 0 Å². The van der Waals surface area contributed by atoms with Crippen molar-refractivity contribution < 1.29 is 9.90 Å². The van der Waals surface area contributed by atoms with Crippen LogP contribution in [-0.4, -0.2) is 32.4 Å². The van der Waals surface area contributed by atoms with Crippen molar-refractivity contribution >= 4 is 29.1 Å². The Morgan fingerprint density at radius 1 is 1.32 bits per heavy atom. The highest BCUT2D eigenvalue weighted by atomic mass is 35.5. The molecule has 8 heteroatoms. The molecule has 0 atom stereocenters. The SMILES string of the molecule is CC(C)c1nn(CC(=O)NC2CC(C)(O)C2)c(=O)cc1-c1cc(Cl)ccc1Cl. The van der Waals surface area contributed by atoms with Gasteiger partial charge in [0.1, 0.15) is 6.54 Å². The monoisotopic (exact) mass is 423 g/mol. The minimum atomic E-state index is -0.726. The van der Waals surface area contributed by atoms with Crippen molar-refractivity contribution in [1.29, 1.82) is 0 Å². The van der Waals surface area contributed by atoms with Gasteiger partial charge in [-0.2, -0.15) is 5.10 Å². The van der Waals surface area contributed by atoms with Gasteiger partial charge >= 0.3 is 0 Å². The van der Waals surface area contributed by atoms with Crippen LogP contribution in [-0.2, 0) is 11.3 Å². The van der Waals surface area contributed by atoms with E-state index in [1.54, 1.807) is 25.1 Å². The predicted octanol–water partition coefficient (Wildman–Crippen LogP) is 3.37. The summed E-state index contributed by atoms with van der Waals surface area (Å²) in [4.78, 5) is 24.9. The fourth-order valence-electron chi connectivity index (χ4n) is 3.48. The summed E-state index contributed by atoms with van der Waals surface area (Å²) in [6.07, 6.45) is 1.01. The first-order chi connectivity index (χ1) is 13.1. The topological polar surface area (TPSA) is 84.2 Å². The second-order valence-corrected chi connectivity index (χ2v) is 8.73. The van der Waals surface area contributed by atoms with Gasteiger partial charge < -0.3 is 10.4 Å². The standard InChI is InChI=1S/C20H23Cl2N3O3/c1-11(2)19-15(14-6-12(21)4-5-16(14)22)7-18(27)25(24-19)10-17(26)23-13-8-20(3,28)9-13/h4-7,11,13,28H,8-10H2,1-3H3,(H,23,26). The molecular weight excluding hydrogens is 401 g/mol. The molecule has 1 heterocycles. The van der Waals surface area contributed by atoms with Crippen molar-refractivity contribution in [2.45, 2.75) is 57.7 Å². The van der Waals surface area contributed by atoms with E-state index >= 15 is 0 Å². The zero-order chi connectivity index (χ0) is 20.6. The molecular formula is C20H23Cl2N3O3. The summed E-state index contributed by atoms with van der Waals surface area (Å²) in [7, 11) is 0. The van der Waals surface area contributed by atoms with Gasteiger partial charge in [0.05, 0.1) is 11.3 Å². The Bertz CT molecular complexity index is 962. The minimum absolute atomic E-state index is 0.00156. The van der Waals surface area contributed by atoms with Crippen molar-refractivity contribution in [3.63, 3.8) is 0 Å². The third-order valence-electron chi connectivity index (χ3n) is 4.82. The number of nitrogens with one attached hydrogen (secondary N) is 1. The summed E-state index contributed by atoms with van der Waals surface area (Å²) in [5, 5.41) is 18.0. The lowest BCUT2D eigenvalue weighted by atomic mass is 9.77. The van der Waals surface area contributed by atoms with E-state index in [-0.39, 0.29) is 24.4 Å². The molecule has 1 aromatic carbocycles. The van der Waals surface area contributed by atoms with Crippen LogP contribution in [0.15, 0.2) is 29.1 Å². The molecule has 0 saturated heterocycles. The molecule has 6 nitrogen and oxygen atoms in total. The van der Waals surface area contributed by atoms with E-state index in [9.17, 15) is 14.7 Å². The highest BCUT2D eigenvalue weighted by Gasteiger charge is 2.39. The molecule has 2 aromatic rings. The van der Waals surface area contributed by atoms with E-state index in [4.69, 9.17) is 23.2 Å². The molecule has 28 heavy (non-hydrogen) atoms. The smallest absolute Gasteiger partial charge is 0.267 e. The number of aromatic nitrogens is 2. The van der Waals surface area contributed by atoms with Gasteiger partial charge in [-0.15, -0.1) is 0 Å². The number of halogens is 2. The second kappa shape index (κ2) is 7.85. The summed E-state index contributed by atoms with van der Waals surface area (Å²) >= 11 is 12.4. The number of rotatable bonds is 5. The summed E-state index contributed by atoms with van der Waals surface area (Å²) in [5.41, 5.74) is 0.778. The molecule has 1 aliphatic rings. The maximum absolute atomic E-state index is 12.6. The Balaban J connectivity index is 1.88. The first kappa shape index (κ1) is 20.8. The summed E-state index contributed by atoms with van der Waals surface area (Å²) in [6.45, 7) is 5.46. The summed E-state index contributed by atoms with van der Waals surface area (Å²) in [6, 6.07) is 6.43. The maximum atomic E-state index is 12.6. The van der Waals surface area contributed by atoms with Crippen LogP contribution in [0.1, 0.15) is 45.2 Å². The molecule has 0 aliphatic heterocycles. The van der Waals surface area contributed by atoms with Gasteiger partial charge in [0.25, 0.3) is 5.56 Å². The first-order valence-corrected chi connectivity index (χ1v) is 9.90. The Labute approximate surface area is 173 Å². The minimum Gasteiger partial charge on any atom is -0.390 e. The van der Waals surface area contributed by atoms with E-state index in [0.717, 1.165) is 4.68 Å². The highest BCUT2D eigenvalue weighted by Crippen LogP contribution is 2.34.